The van der Waals surface area contributed by atoms with E-state index in [1.54, 1.807) is 12.3 Å². The fourth-order valence-corrected chi connectivity index (χ4v) is 2.16. The van der Waals surface area contributed by atoms with E-state index in [4.69, 9.17) is 16.3 Å². The zero-order valence-corrected chi connectivity index (χ0v) is 9.12. The SMILES string of the molecule is O=C1Nc2cc(Cl)cnc2NC2COCC12. The van der Waals surface area contributed by atoms with Gasteiger partial charge in [-0.15, -0.1) is 0 Å². The minimum absolute atomic E-state index is 0.00470. The average Bonchev–Trinajstić information content (AvgIpc) is 2.65. The minimum atomic E-state index is -0.159. The number of carbonyl (C=O) groups excluding carboxylic acids is 1. The van der Waals surface area contributed by atoms with Gasteiger partial charge in [-0.05, 0) is 6.07 Å². The van der Waals surface area contributed by atoms with E-state index >= 15 is 0 Å². The Morgan fingerprint density at radius 1 is 1.50 bits per heavy atom. The number of carbonyl (C=O) groups is 1. The number of ether oxygens (including phenoxy) is 1. The van der Waals surface area contributed by atoms with Crippen LogP contribution in [0.3, 0.4) is 0 Å². The second kappa shape index (κ2) is 3.61. The molecule has 1 aromatic heterocycles. The number of hydrogen-bond donors (Lipinski definition) is 2. The number of nitrogens with zero attached hydrogens (tertiary/aromatic N) is 1. The molecule has 6 heteroatoms. The zero-order chi connectivity index (χ0) is 11.1. The predicted molar refractivity (Wildman–Crippen MR) is 59.6 cm³/mol. The standard InChI is InChI=1S/C10H10ClN3O2/c11-5-1-7-9(12-2-5)13-8-4-16-3-6(8)10(15)14-7/h1-2,6,8H,3-4H2,(H,12,13)(H,14,15). The van der Waals surface area contributed by atoms with Gasteiger partial charge in [-0.1, -0.05) is 11.6 Å². The summed E-state index contributed by atoms with van der Waals surface area (Å²) in [5, 5.41) is 6.51. The number of halogens is 1. The first-order valence-corrected chi connectivity index (χ1v) is 5.42. The van der Waals surface area contributed by atoms with E-state index in [9.17, 15) is 4.79 Å². The number of anilines is 2. The van der Waals surface area contributed by atoms with Gasteiger partial charge in [-0.25, -0.2) is 4.98 Å². The van der Waals surface area contributed by atoms with Gasteiger partial charge in [0, 0.05) is 6.20 Å². The maximum atomic E-state index is 11.9. The molecule has 2 aliphatic rings. The topological polar surface area (TPSA) is 63.2 Å². The smallest absolute Gasteiger partial charge is 0.232 e. The number of rotatable bonds is 0. The molecule has 3 heterocycles. The van der Waals surface area contributed by atoms with Crippen molar-refractivity contribution in [3.63, 3.8) is 0 Å². The second-order valence-electron chi connectivity index (χ2n) is 3.93. The Morgan fingerprint density at radius 3 is 3.25 bits per heavy atom. The van der Waals surface area contributed by atoms with Crippen LogP contribution in [-0.2, 0) is 9.53 Å². The van der Waals surface area contributed by atoms with Gasteiger partial charge in [0.1, 0.15) is 5.82 Å². The van der Waals surface area contributed by atoms with E-state index in [-0.39, 0.29) is 17.9 Å². The first-order valence-electron chi connectivity index (χ1n) is 5.05. The van der Waals surface area contributed by atoms with Gasteiger partial charge < -0.3 is 15.4 Å². The molecule has 1 amide bonds. The van der Waals surface area contributed by atoms with Crippen molar-refractivity contribution in [3.8, 4) is 0 Å². The lowest BCUT2D eigenvalue weighted by Crippen LogP contribution is -2.33. The summed E-state index contributed by atoms with van der Waals surface area (Å²) in [6, 6.07) is 1.69. The van der Waals surface area contributed by atoms with Gasteiger partial charge in [0.05, 0.1) is 35.9 Å². The molecule has 2 unspecified atom stereocenters. The maximum Gasteiger partial charge on any atom is 0.232 e. The first kappa shape index (κ1) is 9.86. The number of fused-ring (bicyclic) bond motifs is 2. The van der Waals surface area contributed by atoms with Crippen molar-refractivity contribution in [2.75, 3.05) is 23.8 Å². The number of pyridine rings is 1. The quantitative estimate of drug-likeness (QED) is 0.712. The van der Waals surface area contributed by atoms with Crippen molar-refractivity contribution in [3.05, 3.63) is 17.3 Å². The summed E-state index contributed by atoms with van der Waals surface area (Å²) in [6.07, 6.45) is 1.55. The summed E-state index contributed by atoms with van der Waals surface area (Å²) in [7, 11) is 0. The van der Waals surface area contributed by atoms with Crippen LogP contribution in [-0.4, -0.2) is 30.1 Å². The molecular weight excluding hydrogens is 230 g/mol. The third kappa shape index (κ3) is 1.52. The third-order valence-corrected chi connectivity index (χ3v) is 3.06. The highest BCUT2D eigenvalue weighted by Gasteiger charge is 2.37. The Bertz CT molecular complexity index is 452. The first-order chi connectivity index (χ1) is 7.74. The van der Waals surface area contributed by atoms with Crippen LogP contribution in [0.15, 0.2) is 12.3 Å². The number of hydrogen-bond acceptors (Lipinski definition) is 4. The van der Waals surface area contributed by atoms with Gasteiger partial charge in [0.2, 0.25) is 5.91 Å². The lowest BCUT2D eigenvalue weighted by atomic mass is 10.0. The van der Waals surface area contributed by atoms with Crippen LogP contribution < -0.4 is 10.6 Å². The molecule has 5 nitrogen and oxygen atoms in total. The molecular formula is C10H10ClN3O2. The van der Waals surface area contributed by atoms with E-state index in [2.05, 4.69) is 15.6 Å². The van der Waals surface area contributed by atoms with Crippen LogP contribution in [0.2, 0.25) is 5.02 Å². The van der Waals surface area contributed by atoms with Crippen molar-refractivity contribution in [2.24, 2.45) is 5.92 Å². The summed E-state index contributed by atoms with van der Waals surface area (Å²) < 4.78 is 5.28. The molecule has 2 N–H and O–H groups in total. The molecule has 1 aromatic rings. The molecule has 0 radical (unpaired) electrons. The maximum absolute atomic E-state index is 11.9. The van der Waals surface area contributed by atoms with Crippen LogP contribution in [0.4, 0.5) is 11.5 Å². The molecule has 1 saturated heterocycles. The van der Waals surface area contributed by atoms with Crippen molar-refractivity contribution >= 4 is 29.0 Å². The highest BCUT2D eigenvalue weighted by atomic mass is 35.5. The average molecular weight is 240 g/mol. The monoisotopic (exact) mass is 239 g/mol. The molecule has 0 spiro atoms. The Hall–Kier alpha value is -1.33. The highest BCUT2D eigenvalue weighted by molar-refractivity contribution is 6.31. The Balaban J connectivity index is 2.01. The molecule has 3 rings (SSSR count). The van der Waals surface area contributed by atoms with Crippen LogP contribution in [0, 0.1) is 5.92 Å². The summed E-state index contributed by atoms with van der Waals surface area (Å²) in [5.41, 5.74) is 0.631. The van der Waals surface area contributed by atoms with Gasteiger partial charge >= 0.3 is 0 Å². The minimum Gasteiger partial charge on any atom is -0.378 e. The Morgan fingerprint density at radius 2 is 2.38 bits per heavy atom. The zero-order valence-electron chi connectivity index (χ0n) is 8.37. The molecule has 2 atom stereocenters. The molecule has 16 heavy (non-hydrogen) atoms. The number of amides is 1. The Labute approximate surface area is 97.1 Å². The second-order valence-corrected chi connectivity index (χ2v) is 4.37. The molecule has 0 aliphatic carbocycles. The highest BCUT2D eigenvalue weighted by Crippen LogP contribution is 2.30. The summed E-state index contributed by atoms with van der Waals surface area (Å²) in [6.45, 7) is 0.979. The summed E-state index contributed by atoms with van der Waals surface area (Å²) in [5.74, 6) is 0.446. The van der Waals surface area contributed by atoms with E-state index in [0.29, 0.717) is 29.7 Å². The summed E-state index contributed by atoms with van der Waals surface area (Å²) >= 11 is 5.83. The van der Waals surface area contributed by atoms with Crippen LogP contribution >= 0.6 is 11.6 Å². The van der Waals surface area contributed by atoms with Gasteiger partial charge in [-0.2, -0.15) is 0 Å². The van der Waals surface area contributed by atoms with Gasteiger partial charge in [-0.3, -0.25) is 4.79 Å². The molecule has 0 bridgehead atoms. The predicted octanol–water partition coefficient (Wildman–Crippen LogP) is 1.11. The van der Waals surface area contributed by atoms with E-state index in [0.717, 1.165) is 0 Å². The number of aromatic nitrogens is 1. The van der Waals surface area contributed by atoms with Crippen molar-refractivity contribution in [1.29, 1.82) is 0 Å². The Kier molecular flexibility index (Phi) is 2.22. The molecule has 84 valence electrons. The molecule has 0 saturated carbocycles. The van der Waals surface area contributed by atoms with Crippen molar-refractivity contribution in [1.82, 2.24) is 4.98 Å². The van der Waals surface area contributed by atoms with Crippen LogP contribution in [0.25, 0.3) is 0 Å². The van der Waals surface area contributed by atoms with Crippen molar-refractivity contribution in [2.45, 2.75) is 6.04 Å². The van der Waals surface area contributed by atoms with Crippen molar-refractivity contribution < 1.29 is 9.53 Å². The van der Waals surface area contributed by atoms with Gasteiger partial charge in [0.25, 0.3) is 0 Å². The largest absolute Gasteiger partial charge is 0.378 e. The lowest BCUT2D eigenvalue weighted by Gasteiger charge is -2.13. The van der Waals surface area contributed by atoms with Crippen LogP contribution in [0.5, 0.6) is 0 Å². The summed E-state index contributed by atoms with van der Waals surface area (Å²) in [4.78, 5) is 16.0. The third-order valence-electron chi connectivity index (χ3n) is 2.85. The van der Waals surface area contributed by atoms with E-state index in [1.165, 1.54) is 0 Å². The van der Waals surface area contributed by atoms with Gasteiger partial charge in [0.15, 0.2) is 0 Å². The molecule has 2 aliphatic heterocycles. The van der Waals surface area contributed by atoms with E-state index in [1.807, 2.05) is 0 Å². The molecule has 1 fully saturated rings. The lowest BCUT2D eigenvalue weighted by molar-refractivity contribution is -0.119. The molecule has 0 aromatic carbocycles. The van der Waals surface area contributed by atoms with E-state index < -0.39 is 0 Å². The fourth-order valence-electron chi connectivity index (χ4n) is 2.01. The number of nitrogens with one attached hydrogen (secondary N) is 2. The normalized spacial score (nSPS) is 27.4. The van der Waals surface area contributed by atoms with Crippen LogP contribution in [0.1, 0.15) is 0 Å². The fraction of sp³-hybridized carbons (Fsp3) is 0.400.